The third-order valence-corrected chi connectivity index (χ3v) is 3.99. The molecule has 0 aliphatic rings. The quantitative estimate of drug-likeness (QED) is 0.457. The van der Waals surface area contributed by atoms with Gasteiger partial charge in [0.05, 0.1) is 16.6 Å². The van der Waals surface area contributed by atoms with Crippen molar-refractivity contribution in [1.29, 1.82) is 0 Å². The van der Waals surface area contributed by atoms with Gasteiger partial charge in [-0.15, -0.1) is 0 Å². The van der Waals surface area contributed by atoms with Crippen LogP contribution in [0.15, 0.2) is 71.9 Å². The maximum atomic E-state index is 6.08. The van der Waals surface area contributed by atoms with E-state index in [-0.39, 0.29) is 0 Å². The summed E-state index contributed by atoms with van der Waals surface area (Å²) in [6.45, 7) is 0. The van der Waals surface area contributed by atoms with E-state index in [4.69, 9.17) is 5.73 Å². The predicted molar refractivity (Wildman–Crippen MR) is 101 cm³/mol. The van der Waals surface area contributed by atoms with Gasteiger partial charge in [-0.1, -0.05) is 24.3 Å². The number of aryl methyl sites for hydroxylation is 1. The van der Waals surface area contributed by atoms with Crippen LogP contribution in [0, 0.1) is 0 Å². The Morgan fingerprint density at radius 2 is 1.72 bits per heavy atom. The van der Waals surface area contributed by atoms with E-state index in [1.165, 1.54) is 0 Å². The van der Waals surface area contributed by atoms with E-state index in [2.05, 4.69) is 32.1 Å². The zero-order chi connectivity index (χ0) is 17.1. The molecule has 3 heterocycles. The summed E-state index contributed by atoms with van der Waals surface area (Å²) in [5, 5.41) is 1.14. The van der Waals surface area contributed by atoms with Crippen molar-refractivity contribution in [2.45, 2.75) is 12.8 Å². The second-order valence-corrected chi connectivity index (χ2v) is 5.81. The first-order valence-corrected chi connectivity index (χ1v) is 8.17. The number of aliphatic imine (C=N–C) groups is 1. The van der Waals surface area contributed by atoms with Gasteiger partial charge in [0.15, 0.2) is 5.82 Å². The molecular formula is C20H17N5. The molecule has 0 saturated carbocycles. The Morgan fingerprint density at radius 1 is 0.840 bits per heavy atom. The fourth-order valence-electron chi connectivity index (χ4n) is 2.72. The smallest absolute Gasteiger partial charge is 0.154 e. The predicted octanol–water partition coefficient (Wildman–Crippen LogP) is 3.80. The number of para-hydroxylation sites is 1. The number of hydrogen-bond donors (Lipinski definition) is 1. The van der Waals surface area contributed by atoms with Crippen LogP contribution >= 0.6 is 0 Å². The Kier molecular flexibility index (Phi) is 4.04. The van der Waals surface area contributed by atoms with Crippen LogP contribution in [0.2, 0.25) is 0 Å². The molecule has 0 aliphatic carbocycles. The summed E-state index contributed by atoms with van der Waals surface area (Å²) < 4.78 is 0. The molecule has 0 bridgehead atoms. The minimum atomic E-state index is 0.547. The molecule has 0 fully saturated rings. The van der Waals surface area contributed by atoms with Crippen molar-refractivity contribution in [2.75, 3.05) is 0 Å². The van der Waals surface area contributed by atoms with Crippen molar-refractivity contribution >= 4 is 33.6 Å². The number of fused-ring (bicyclic) bond motifs is 2. The molecule has 0 spiro atoms. The van der Waals surface area contributed by atoms with Crippen LogP contribution in [-0.4, -0.2) is 20.8 Å². The number of nitrogens with two attached hydrogens (primary N) is 1. The van der Waals surface area contributed by atoms with E-state index >= 15 is 0 Å². The number of aromatic nitrogens is 3. The van der Waals surface area contributed by atoms with E-state index < -0.39 is 0 Å². The molecule has 0 saturated heterocycles. The van der Waals surface area contributed by atoms with E-state index in [1.54, 1.807) is 6.20 Å². The molecule has 0 radical (unpaired) electrons. The normalized spacial score (nSPS) is 11.9. The molecule has 5 nitrogen and oxygen atoms in total. The molecule has 0 amide bonds. The van der Waals surface area contributed by atoms with Crippen molar-refractivity contribution in [1.82, 2.24) is 15.0 Å². The summed E-state index contributed by atoms with van der Waals surface area (Å²) in [5.41, 5.74) is 9.74. The van der Waals surface area contributed by atoms with Crippen LogP contribution in [0.3, 0.4) is 0 Å². The van der Waals surface area contributed by atoms with Gasteiger partial charge in [0, 0.05) is 23.7 Å². The fraction of sp³-hybridized carbons (Fsp3) is 0.100. The van der Waals surface area contributed by atoms with E-state index in [0.717, 1.165) is 34.1 Å². The SMILES string of the molecule is NC(CCc1ccc2ccccc2n1)=Nc1ccc2ncccc2n1. The van der Waals surface area contributed by atoms with Crippen molar-refractivity contribution in [2.24, 2.45) is 10.7 Å². The molecule has 0 aliphatic heterocycles. The number of nitrogens with zero attached hydrogens (tertiary/aromatic N) is 4. The first-order chi connectivity index (χ1) is 12.3. The van der Waals surface area contributed by atoms with Gasteiger partial charge in [-0.25, -0.2) is 9.98 Å². The minimum Gasteiger partial charge on any atom is -0.387 e. The highest BCUT2D eigenvalue weighted by Gasteiger charge is 2.02. The van der Waals surface area contributed by atoms with E-state index in [0.29, 0.717) is 18.1 Å². The van der Waals surface area contributed by atoms with Gasteiger partial charge in [0.25, 0.3) is 0 Å². The van der Waals surface area contributed by atoms with Gasteiger partial charge in [-0.2, -0.15) is 0 Å². The van der Waals surface area contributed by atoms with Crippen molar-refractivity contribution < 1.29 is 0 Å². The van der Waals surface area contributed by atoms with Gasteiger partial charge < -0.3 is 5.73 Å². The number of benzene rings is 1. The van der Waals surface area contributed by atoms with Crippen LogP contribution < -0.4 is 5.73 Å². The minimum absolute atomic E-state index is 0.547. The van der Waals surface area contributed by atoms with Crippen LogP contribution in [-0.2, 0) is 6.42 Å². The summed E-state index contributed by atoms with van der Waals surface area (Å²) in [6, 6.07) is 19.7. The largest absolute Gasteiger partial charge is 0.387 e. The topological polar surface area (TPSA) is 77.0 Å². The third-order valence-electron chi connectivity index (χ3n) is 3.99. The third kappa shape index (κ3) is 3.45. The first kappa shape index (κ1) is 15.2. The van der Waals surface area contributed by atoms with Crippen LogP contribution in [0.4, 0.5) is 5.82 Å². The average Bonchev–Trinajstić information content (AvgIpc) is 2.66. The lowest BCUT2D eigenvalue weighted by atomic mass is 10.1. The molecule has 4 aromatic rings. The summed E-state index contributed by atoms with van der Waals surface area (Å²) in [7, 11) is 0. The fourth-order valence-corrected chi connectivity index (χ4v) is 2.72. The van der Waals surface area contributed by atoms with Crippen molar-refractivity contribution in [3.63, 3.8) is 0 Å². The summed E-state index contributed by atoms with van der Waals surface area (Å²) in [5.74, 6) is 1.15. The zero-order valence-electron chi connectivity index (χ0n) is 13.6. The van der Waals surface area contributed by atoms with Crippen molar-refractivity contribution in [3.05, 3.63) is 72.6 Å². The molecule has 4 rings (SSSR count). The molecule has 0 atom stereocenters. The Balaban J connectivity index is 1.49. The monoisotopic (exact) mass is 327 g/mol. The molecule has 3 aromatic heterocycles. The second-order valence-electron chi connectivity index (χ2n) is 5.81. The highest BCUT2D eigenvalue weighted by Crippen LogP contribution is 2.16. The lowest BCUT2D eigenvalue weighted by Gasteiger charge is -2.04. The van der Waals surface area contributed by atoms with Gasteiger partial charge in [0.2, 0.25) is 0 Å². The number of amidine groups is 1. The van der Waals surface area contributed by atoms with Crippen molar-refractivity contribution in [3.8, 4) is 0 Å². The molecular weight excluding hydrogens is 310 g/mol. The van der Waals surface area contributed by atoms with Crippen LogP contribution in [0.25, 0.3) is 21.9 Å². The summed E-state index contributed by atoms with van der Waals surface area (Å²) in [4.78, 5) is 17.8. The van der Waals surface area contributed by atoms with E-state index in [1.807, 2.05) is 48.5 Å². The maximum absolute atomic E-state index is 6.08. The Morgan fingerprint density at radius 3 is 2.68 bits per heavy atom. The number of pyridine rings is 3. The number of rotatable bonds is 4. The standard InChI is InChI=1S/C20H17N5/c21-19(25-20-12-10-17-18(24-20)6-3-13-22-17)11-9-15-8-7-14-4-1-2-5-16(14)23-15/h1-8,10,12-13H,9,11H2,(H2,21,24,25). The lowest BCUT2D eigenvalue weighted by molar-refractivity contribution is 0.974. The Hall–Kier alpha value is -3.34. The average molecular weight is 327 g/mol. The van der Waals surface area contributed by atoms with Gasteiger partial charge >= 0.3 is 0 Å². The molecule has 0 unspecified atom stereocenters. The second kappa shape index (κ2) is 6.65. The van der Waals surface area contributed by atoms with Crippen LogP contribution in [0.1, 0.15) is 12.1 Å². The summed E-state index contributed by atoms with van der Waals surface area (Å²) >= 11 is 0. The maximum Gasteiger partial charge on any atom is 0.154 e. The lowest BCUT2D eigenvalue weighted by Crippen LogP contribution is -2.12. The van der Waals surface area contributed by atoms with Gasteiger partial charge in [-0.05, 0) is 42.8 Å². The molecule has 25 heavy (non-hydrogen) atoms. The van der Waals surface area contributed by atoms with Gasteiger partial charge in [0.1, 0.15) is 5.84 Å². The zero-order valence-corrected chi connectivity index (χ0v) is 13.6. The number of hydrogen-bond acceptors (Lipinski definition) is 4. The molecule has 5 heteroatoms. The summed E-state index contributed by atoms with van der Waals surface area (Å²) in [6.07, 6.45) is 3.13. The molecule has 1 aromatic carbocycles. The first-order valence-electron chi connectivity index (χ1n) is 8.17. The highest BCUT2D eigenvalue weighted by molar-refractivity contribution is 5.84. The van der Waals surface area contributed by atoms with Gasteiger partial charge in [-0.3, -0.25) is 9.97 Å². The van der Waals surface area contributed by atoms with E-state index in [9.17, 15) is 0 Å². The Labute approximate surface area is 145 Å². The highest BCUT2D eigenvalue weighted by atomic mass is 15.0. The van der Waals surface area contributed by atoms with Crippen LogP contribution in [0.5, 0.6) is 0 Å². The molecule has 2 N–H and O–H groups in total. The Bertz CT molecular complexity index is 1070. The molecule has 122 valence electrons.